The first-order valence-corrected chi connectivity index (χ1v) is 3.03. The molecule has 1 fully saturated rings. The van der Waals surface area contributed by atoms with E-state index in [2.05, 4.69) is 31.4 Å². The first-order valence-electron chi connectivity index (χ1n) is 2.58. The molecule has 0 spiro atoms. The van der Waals surface area contributed by atoms with Crippen LogP contribution in [0.15, 0.2) is 0 Å². The van der Waals surface area contributed by atoms with E-state index in [4.69, 9.17) is 0 Å². The third kappa shape index (κ3) is 1.35. The van der Waals surface area contributed by atoms with Crippen LogP contribution < -0.4 is 0 Å². The largest absolute Gasteiger partial charge is 0.287 e. The van der Waals surface area contributed by atoms with E-state index >= 15 is 0 Å². The lowest BCUT2D eigenvalue weighted by molar-refractivity contribution is 0.418. The van der Waals surface area contributed by atoms with E-state index in [1.807, 2.05) is 0 Å². The predicted molar refractivity (Wildman–Crippen MR) is 34.6 cm³/mol. The van der Waals surface area contributed by atoms with Gasteiger partial charge >= 0.3 is 0 Å². The average Bonchev–Trinajstić information content (AvgIpc) is 1.99. The van der Waals surface area contributed by atoms with E-state index in [9.17, 15) is 0 Å². The van der Waals surface area contributed by atoms with Crippen LogP contribution in [0.5, 0.6) is 0 Å². The number of nitrogens with zero attached hydrogens (tertiary/aromatic N) is 1. The lowest BCUT2D eigenvalue weighted by Gasteiger charge is -2.17. The molecule has 0 radical (unpaired) electrons. The molecular formula is C5H11NS. The molecule has 0 atom stereocenters. The fraction of sp³-hybridized carbons (Fsp3) is 1.00. The maximum atomic E-state index is 4.34. The summed E-state index contributed by atoms with van der Waals surface area (Å²) in [6.45, 7) is 6.69. The fourth-order valence-electron chi connectivity index (χ4n) is 0.597. The molecule has 0 bridgehead atoms. The lowest BCUT2D eigenvalue weighted by atomic mass is 10.4. The van der Waals surface area contributed by atoms with Gasteiger partial charge in [-0.25, -0.2) is 0 Å². The molecule has 0 aliphatic carbocycles. The van der Waals surface area contributed by atoms with Crippen molar-refractivity contribution < 1.29 is 0 Å². The molecule has 0 aromatic rings. The molecular weight excluding hydrogens is 106 g/mol. The number of rotatable bonds is 1. The van der Waals surface area contributed by atoms with Crippen LogP contribution in [0, 0.1) is 0 Å². The van der Waals surface area contributed by atoms with Crippen molar-refractivity contribution in [2.24, 2.45) is 0 Å². The summed E-state index contributed by atoms with van der Waals surface area (Å²) in [5.74, 6) is 0. The topological polar surface area (TPSA) is 3.01 Å². The highest BCUT2D eigenvalue weighted by molar-refractivity contribution is 7.81. The van der Waals surface area contributed by atoms with Crippen molar-refractivity contribution in [2.75, 3.05) is 13.1 Å². The number of hydrogen-bond donors (Lipinski definition) is 1. The fourth-order valence-corrected chi connectivity index (χ4v) is 0.797. The van der Waals surface area contributed by atoms with E-state index in [1.54, 1.807) is 0 Å². The normalized spacial score (nSPS) is 22.7. The standard InChI is InChI=1S/C5H11NS/c1-5(2,7)6-3-4-6/h7H,3-4H2,1-2H3. The maximum Gasteiger partial charge on any atom is 0.0584 e. The van der Waals surface area contributed by atoms with Crippen molar-refractivity contribution in [3.05, 3.63) is 0 Å². The SMILES string of the molecule is CC(C)(S)N1CC1. The molecule has 0 saturated carbocycles. The summed E-state index contributed by atoms with van der Waals surface area (Å²) >= 11 is 4.34. The minimum Gasteiger partial charge on any atom is -0.287 e. The Balaban J connectivity index is 2.36. The highest BCUT2D eigenvalue weighted by Crippen LogP contribution is 2.24. The van der Waals surface area contributed by atoms with Crippen molar-refractivity contribution in [1.29, 1.82) is 0 Å². The molecule has 42 valence electrons. The maximum absolute atomic E-state index is 4.34. The Hall–Kier alpha value is 0.310. The van der Waals surface area contributed by atoms with Crippen molar-refractivity contribution >= 4 is 12.6 Å². The third-order valence-corrected chi connectivity index (χ3v) is 1.50. The van der Waals surface area contributed by atoms with Gasteiger partial charge in [-0.05, 0) is 13.8 Å². The third-order valence-electron chi connectivity index (χ3n) is 1.22. The van der Waals surface area contributed by atoms with Gasteiger partial charge in [0.15, 0.2) is 0 Å². The zero-order valence-electron chi connectivity index (χ0n) is 4.81. The smallest absolute Gasteiger partial charge is 0.0584 e. The quantitative estimate of drug-likeness (QED) is 0.395. The minimum atomic E-state index is 0.139. The van der Waals surface area contributed by atoms with Crippen molar-refractivity contribution in [3.63, 3.8) is 0 Å². The van der Waals surface area contributed by atoms with E-state index < -0.39 is 0 Å². The van der Waals surface area contributed by atoms with Gasteiger partial charge in [0.05, 0.1) is 4.87 Å². The zero-order valence-corrected chi connectivity index (χ0v) is 5.70. The van der Waals surface area contributed by atoms with E-state index in [-0.39, 0.29) is 4.87 Å². The lowest BCUT2D eigenvalue weighted by Crippen LogP contribution is -2.21. The zero-order chi connectivity index (χ0) is 5.49. The summed E-state index contributed by atoms with van der Waals surface area (Å²) in [7, 11) is 0. The van der Waals surface area contributed by atoms with Gasteiger partial charge in [-0.15, -0.1) is 0 Å². The molecule has 1 heterocycles. The summed E-state index contributed by atoms with van der Waals surface area (Å²) in [5.41, 5.74) is 0. The molecule has 2 heteroatoms. The Bertz CT molecular complexity index is 70.6. The summed E-state index contributed by atoms with van der Waals surface area (Å²) in [5, 5.41) is 0. The number of thiol groups is 1. The van der Waals surface area contributed by atoms with Crippen molar-refractivity contribution in [2.45, 2.75) is 18.7 Å². The Morgan fingerprint density at radius 3 is 1.86 bits per heavy atom. The van der Waals surface area contributed by atoms with Gasteiger partial charge in [-0.1, -0.05) is 0 Å². The summed E-state index contributed by atoms with van der Waals surface area (Å²) in [6.07, 6.45) is 0. The molecule has 0 amide bonds. The van der Waals surface area contributed by atoms with Gasteiger partial charge in [-0.3, -0.25) is 4.90 Å². The number of hydrogen-bond acceptors (Lipinski definition) is 2. The molecule has 0 aromatic heterocycles. The second kappa shape index (κ2) is 1.39. The van der Waals surface area contributed by atoms with Crippen LogP contribution in [-0.2, 0) is 0 Å². The van der Waals surface area contributed by atoms with E-state index in [0.29, 0.717) is 0 Å². The molecule has 0 N–H and O–H groups in total. The molecule has 1 nitrogen and oxygen atoms in total. The van der Waals surface area contributed by atoms with Crippen LogP contribution in [0.1, 0.15) is 13.8 Å². The summed E-state index contributed by atoms with van der Waals surface area (Å²) in [6, 6.07) is 0. The second-order valence-electron chi connectivity index (χ2n) is 2.48. The van der Waals surface area contributed by atoms with Crippen molar-refractivity contribution in [1.82, 2.24) is 4.90 Å². The van der Waals surface area contributed by atoms with Gasteiger partial charge < -0.3 is 0 Å². The molecule has 1 aliphatic rings. The first kappa shape index (κ1) is 5.45. The first-order chi connectivity index (χ1) is 3.11. The Morgan fingerprint density at radius 1 is 1.43 bits per heavy atom. The van der Waals surface area contributed by atoms with Gasteiger partial charge in [0, 0.05) is 13.1 Å². The van der Waals surface area contributed by atoms with Crippen LogP contribution in [0.25, 0.3) is 0 Å². The van der Waals surface area contributed by atoms with Gasteiger partial charge in [0.1, 0.15) is 0 Å². The van der Waals surface area contributed by atoms with Crippen LogP contribution in [0.3, 0.4) is 0 Å². The highest BCUT2D eigenvalue weighted by atomic mass is 32.1. The van der Waals surface area contributed by atoms with E-state index in [0.717, 1.165) is 0 Å². The Kier molecular flexibility index (Phi) is 1.08. The van der Waals surface area contributed by atoms with E-state index in [1.165, 1.54) is 13.1 Å². The molecule has 0 unspecified atom stereocenters. The average molecular weight is 117 g/mol. The van der Waals surface area contributed by atoms with Crippen LogP contribution in [-0.4, -0.2) is 22.9 Å². The van der Waals surface area contributed by atoms with Crippen LogP contribution in [0.2, 0.25) is 0 Å². The highest BCUT2D eigenvalue weighted by Gasteiger charge is 2.30. The molecule has 7 heavy (non-hydrogen) atoms. The second-order valence-corrected chi connectivity index (χ2v) is 3.58. The molecule has 0 aromatic carbocycles. The molecule has 1 saturated heterocycles. The van der Waals surface area contributed by atoms with Gasteiger partial charge in [0.25, 0.3) is 0 Å². The minimum absolute atomic E-state index is 0.139. The van der Waals surface area contributed by atoms with Crippen LogP contribution >= 0.6 is 12.6 Å². The monoisotopic (exact) mass is 117 g/mol. The van der Waals surface area contributed by atoms with Gasteiger partial charge in [0.2, 0.25) is 0 Å². The summed E-state index contributed by atoms with van der Waals surface area (Å²) < 4.78 is 0. The Morgan fingerprint density at radius 2 is 1.86 bits per heavy atom. The Labute approximate surface area is 50.1 Å². The predicted octanol–water partition coefficient (Wildman–Crippen LogP) is 0.968. The summed E-state index contributed by atoms with van der Waals surface area (Å²) in [4.78, 5) is 2.44. The van der Waals surface area contributed by atoms with Crippen LogP contribution in [0.4, 0.5) is 0 Å². The van der Waals surface area contributed by atoms with Crippen molar-refractivity contribution in [3.8, 4) is 0 Å². The molecule has 1 aliphatic heterocycles. The van der Waals surface area contributed by atoms with Gasteiger partial charge in [-0.2, -0.15) is 12.6 Å². The molecule has 1 rings (SSSR count).